The van der Waals surface area contributed by atoms with Gasteiger partial charge in [-0.3, -0.25) is 9.48 Å². The Balaban J connectivity index is 1.91. The molecule has 0 spiro atoms. The second-order valence-corrected chi connectivity index (χ2v) is 6.00. The summed E-state index contributed by atoms with van der Waals surface area (Å²) in [5, 5.41) is 10.3. The van der Waals surface area contributed by atoms with Crippen molar-refractivity contribution in [2.24, 2.45) is 0 Å². The van der Waals surface area contributed by atoms with Crippen LogP contribution in [0.1, 0.15) is 34.5 Å². The molecule has 7 nitrogen and oxygen atoms in total. The van der Waals surface area contributed by atoms with Crippen LogP contribution in [0.4, 0.5) is 22.0 Å². The molecule has 0 atom stereocenters. The lowest BCUT2D eigenvalue weighted by Crippen LogP contribution is -2.36. The molecule has 0 bridgehead atoms. The number of halogens is 5. The maximum Gasteiger partial charge on any atom is 0.459 e. The first-order valence-corrected chi connectivity index (χ1v) is 8.16. The summed E-state index contributed by atoms with van der Waals surface area (Å²) in [6.07, 6.45) is -4.11. The minimum Gasteiger partial charge on any atom is -0.345 e. The number of aryl methyl sites for hydroxylation is 2. The zero-order valence-electron chi connectivity index (χ0n) is 14.8. The number of rotatable bonds is 5. The lowest BCUT2D eigenvalue weighted by Gasteiger charge is -2.20. The van der Waals surface area contributed by atoms with Crippen molar-refractivity contribution in [3.8, 4) is 0 Å². The van der Waals surface area contributed by atoms with E-state index in [4.69, 9.17) is 0 Å². The van der Waals surface area contributed by atoms with Crippen LogP contribution in [-0.4, -0.2) is 36.5 Å². The zero-order chi connectivity index (χ0) is 20.7. The quantitative estimate of drug-likeness (QED) is 0.666. The fourth-order valence-corrected chi connectivity index (χ4v) is 2.52. The Morgan fingerprint density at radius 2 is 1.89 bits per heavy atom. The van der Waals surface area contributed by atoms with E-state index in [1.807, 2.05) is 6.92 Å². The lowest BCUT2D eigenvalue weighted by molar-refractivity contribution is -0.291. The van der Waals surface area contributed by atoms with Crippen LogP contribution in [0.2, 0.25) is 0 Å². The molecule has 1 N–H and O–H groups in total. The van der Waals surface area contributed by atoms with Gasteiger partial charge in [-0.2, -0.15) is 32.1 Å². The SMILES string of the molecule is CCn1ccc(CNC(=O)c2cc3nc(C)cc(C(F)(F)C(F)(F)F)n3n2)n1. The highest BCUT2D eigenvalue weighted by molar-refractivity contribution is 5.93. The number of carbonyl (C=O) groups excluding carboxylic acids is 1. The van der Waals surface area contributed by atoms with E-state index in [2.05, 4.69) is 20.5 Å². The molecule has 0 radical (unpaired) electrons. The number of amides is 1. The molecule has 0 saturated heterocycles. The molecular formula is C16H15F5N6O. The van der Waals surface area contributed by atoms with Gasteiger partial charge in [-0.15, -0.1) is 0 Å². The van der Waals surface area contributed by atoms with Crippen LogP contribution in [0, 0.1) is 6.92 Å². The molecule has 3 rings (SSSR count). The molecule has 0 unspecified atom stereocenters. The molecule has 0 aliphatic rings. The molecular weight excluding hydrogens is 387 g/mol. The number of aromatic nitrogens is 5. The van der Waals surface area contributed by atoms with Crippen molar-refractivity contribution in [2.75, 3.05) is 0 Å². The van der Waals surface area contributed by atoms with Crippen LogP contribution in [-0.2, 0) is 19.0 Å². The number of nitrogens with one attached hydrogen (secondary N) is 1. The lowest BCUT2D eigenvalue weighted by atomic mass is 10.2. The Bertz CT molecular complexity index is 1020. The average molecular weight is 402 g/mol. The molecule has 3 aromatic rings. The summed E-state index contributed by atoms with van der Waals surface area (Å²) in [6, 6.07) is 3.32. The third-order valence-corrected chi connectivity index (χ3v) is 3.92. The summed E-state index contributed by atoms with van der Waals surface area (Å²) in [4.78, 5) is 16.1. The predicted molar refractivity (Wildman–Crippen MR) is 86.7 cm³/mol. The van der Waals surface area contributed by atoms with E-state index in [1.54, 1.807) is 16.9 Å². The minimum atomic E-state index is -5.82. The number of carbonyl (C=O) groups is 1. The highest BCUT2D eigenvalue weighted by atomic mass is 19.4. The Kier molecular flexibility index (Phi) is 4.81. The van der Waals surface area contributed by atoms with Gasteiger partial charge in [-0.05, 0) is 26.0 Å². The van der Waals surface area contributed by atoms with Crippen molar-refractivity contribution in [1.82, 2.24) is 29.7 Å². The first kappa shape index (κ1) is 19.7. The fraction of sp³-hybridized carbons (Fsp3) is 0.375. The van der Waals surface area contributed by atoms with Gasteiger partial charge in [0.1, 0.15) is 5.69 Å². The molecule has 28 heavy (non-hydrogen) atoms. The number of fused-ring (bicyclic) bond motifs is 1. The van der Waals surface area contributed by atoms with Crippen LogP contribution < -0.4 is 5.32 Å². The summed E-state index contributed by atoms with van der Waals surface area (Å²) in [6.45, 7) is 3.83. The summed E-state index contributed by atoms with van der Waals surface area (Å²) in [5.74, 6) is -5.92. The zero-order valence-corrected chi connectivity index (χ0v) is 14.8. The van der Waals surface area contributed by atoms with Gasteiger partial charge in [0.05, 0.1) is 12.2 Å². The van der Waals surface area contributed by atoms with Crippen molar-refractivity contribution in [1.29, 1.82) is 0 Å². The van der Waals surface area contributed by atoms with Gasteiger partial charge in [0, 0.05) is 24.5 Å². The maximum atomic E-state index is 13.9. The van der Waals surface area contributed by atoms with Gasteiger partial charge in [0.2, 0.25) is 0 Å². The van der Waals surface area contributed by atoms with E-state index in [9.17, 15) is 26.7 Å². The maximum absolute atomic E-state index is 13.9. The summed E-state index contributed by atoms with van der Waals surface area (Å²) in [5.41, 5.74) is -1.56. The Morgan fingerprint density at radius 1 is 1.18 bits per heavy atom. The van der Waals surface area contributed by atoms with E-state index in [0.717, 1.165) is 6.07 Å². The molecule has 0 fully saturated rings. The molecule has 0 aliphatic carbocycles. The van der Waals surface area contributed by atoms with Crippen LogP contribution in [0.15, 0.2) is 24.4 Å². The first-order chi connectivity index (χ1) is 13.0. The van der Waals surface area contributed by atoms with Gasteiger partial charge in [0.25, 0.3) is 5.91 Å². The van der Waals surface area contributed by atoms with Crippen molar-refractivity contribution in [3.63, 3.8) is 0 Å². The Hall–Kier alpha value is -3.05. The van der Waals surface area contributed by atoms with Crippen LogP contribution in [0.5, 0.6) is 0 Å². The molecule has 1 amide bonds. The average Bonchev–Trinajstić information content (AvgIpc) is 3.24. The van der Waals surface area contributed by atoms with Gasteiger partial charge >= 0.3 is 12.1 Å². The van der Waals surface area contributed by atoms with Crippen LogP contribution in [0.3, 0.4) is 0 Å². The predicted octanol–water partition coefficient (Wildman–Crippen LogP) is 2.84. The van der Waals surface area contributed by atoms with Gasteiger partial charge in [-0.25, -0.2) is 9.50 Å². The molecule has 0 saturated carbocycles. The second-order valence-electron chi connectivity index (χ2n) is 6.00. The van der Waals surface area contributed by atoms with E-state index in [-0.39, 0.29) is 23.6 Å². The monoisotopic (exact) mass is 402 g/mol. The standard InChI is InChI=1S/C16H15F5N6O/c1-3-26-5-4-10(24-26)8-22-14(28)11-7-13-23-9(2)6-12(27(13)25-11)15(17,18)16(19,20)21/h4-7H,3,8H2,1-2H3,(H,22,28). The molecule has 3 aromatic heterocycles. The van der Waals surface area contributed by atoms with E-state index < -0.39 is 23.7 Å². The van der Waals surface area contributed by atoms with Gasteiger partial charge in [-0.1, -0.05) is 0 Å². The fourth-order valence-electron chi connectivity index (χ4n) is 2.52. The number of nitrogens with zero attached hydrogens (tertiary/aromatic N) is 5. The number of alkyl halides is 5. The highest BCUT2D eigenvalue weighted by Gasteiger charge is 2.60. The van der Waals surface area contributed by atoms with Crippen molar-refractivity contribution in [3.05, 3.63) is 47.2 Å². The van der Waals surface area contributed by atoms with E-state index >= 15 is 0 Å². The smallest absolute Gasteiger partial charge is 0.345 e. The first-order valence-electron chi connectivity index (χ1n) is 8.16. The Morgan fingerprint density at radius 3 is 2.50 bits per heavy atom. The van der Waals surface area contributed by atoms with Crippen molar-refractivity contribution in [2.45, 2.75) is 39.0 Å². The topological polar surface area (TPSA) is 77.1 Å². The van der Waals surface area contributed by atoms with Crippen molar-refractivity contribution >= 4 is 11.6 Å². The van der Waals surface area contributed by atoms with E-state index in [1.165, 1.54) is 6.92 Å². The number of hydrogen-bond donors (Lipinski definition) is 1. The van der Waals surface area contributed by atoms with Gasteiger partial charge in [0.15, 0.2) is 11.3 Å². The van der Waals surface area contributed by atoms with Crippen LogP contribution >= 0.6 is 0 Å². The van der Waals surface area contributed by atoms with Crippen LogP contribution in [0.25, 0.3) is 5.65 Å². The summed E-state index contributed by atoms with van der Waals surface area (Å²) in [7, 11) is 0. The van der Waals surface area contributed by atoms with E-state index in [0.29, 0.717) is 22.8 Å². The molecule has 0 aromatic carbocycles. The minimum absolute atomic E-state index is 0.0394. The summed E-state index contributed by atoms with van der Waals surface area (Å²) >= 11 is 0. The number of hydrogen-bond acceptors (Lipinski definition) is 4. The van der Waals surface area contributed by atoms with Crippen molar-refractivity contribution < 1.29 is 26.7 Å². The largest absolute Gasteiger partial charge is 0.459 e. The molecule has 3 heterocycles. The third-order valence-electron chi connectivity index (χ3n) is 3.92. The van der Waals surface area contributed by atoms with Gasteiger partial charge < -0.3 is 5.32 Å². The Labute approximate surface area is 155 Å². The summed E-state index contributed by atoms with van der Waals surface area (Å²) < 4.78 is 68.1. The molecule has 150 valence electrons. The molecule has 12 heteroatoms. The molecule has 0 aliphatic heterocycles. The third kappa shape index (κ3) is 3.53. The second kappa shape index (κ2) is 6.84. The highest BCUT2D eigenvalue weighted by Crippen LogP contribution is 2.43. The normalized spacial score (nSPS) is 12.5.